The van der Waals surface area contributed by atoms with Gasteiger partial charge in [-0.2, -0.15) is 5.26 Å². The number of aromatic nitrogens is 2. The number of benzene rings is 2. The molecule has 4 heterocycles. The quantitative estimate of drug-likeness (QED) is 0.351. The topological polar surface area (TPSA) is 103 Å². The van der Waals surface area contributed by atoms with E-state index >= 15 is 0 Å². The van der Waals surface area contributed by atoms with Gasteiger partial charge in [0.1, 0.15) is 23.3 Å². The Balaban J connectivity index is 1.37. The van der Waals surface area contributed by atoms with Crippen molar-refractivity contribution in [1.29, 1.82) is 5.26 Å². The fourth-order valence-corrected chi connectivity index (χ4v) is 5.68. The standard InChI is InChI=1S/C30H32N4O5/c1-4-37-26-14-21-24(15-27(26)38-20-9-12-36-17-20)33(3)30(35)22(16-31)28(21)34-10-7-19(8-11-34)29-32-23-13-18(2)5-6-25(23)39-29/h5-6,13-15,19-20H,4,7-12,17H2,1-3H3. The third-order valence-corrected chi connectivity index (χ3v) is 7.75. The van der Waals surface area contributed by atoms with Crippen LogP contribution in [0.3, 0.4) is 0 Å². The molecular formula is C30H32N4O5. The molecule has 2 saturated heterocycles. The van der Waals surface area contributed by atoms with E-state index in [9.17, 15) is 10.1 Å². The third kappa shape index (κ3) is 4.59. The van der Waals surface area contributed by atoms with Crippen LogP contribution in [-0.2, 0) is 11.8 Å². The summed E-state index contributed by atoms with van der Waals surface area (Å²) >= 11 is 0. The van der Waals surface area contributed by atoms with Gasteiger partial charge in [0, 0.05) is 43.9 Å². The lowest BCUT2D eigenvalue weighted by molar-refractivity contribution is 0.138. The first kappa shape index (κ1) is 25.3. The van der Waals surface area contributed by atoms with Gasteiger partial charge >= 0.3 is 0 Å². The van der Waals surface area contributed by atoms with Crippen molar-refractivity contribution < 1.29 is 18.6 Å². The van der Waals surface area contributed by atoms with E-state index in [0.29, 0.717) is 55.6 Å². The van der Waals surface area contributed by atoms with Crippen LogP contribution in [0, 0.1) is 18.3 Å². The molecule has 202 valence electrons. The number of oxazole rings is 1. The lowest BCUT2D eigenvalue weighted by atomic mass is 9.95. The van der Waals surface area contributed by atoms with Gasteiger partial charge in [-0.05, 0) is 50.5 Å². The van der Waals surface area contributed by atoms with E-state index in [4.69, 9.17) is 23.6 Å². The fraction of sp³-hybridized carbons (Fsp3) is 0.433. The zero-order valence-corrected chi connectivity index (χ0v) is 22.5. The minimum atomic E-state index is -0.323. The second-order valence-corrected chi connectivity index (χ2v) is 10.3. The molecule has 2 aliphatic rings. The zero-order chi connectivity index (χ0) is 27.1. The Morgan fingerprint density at radius 2 is 1.97 bits per heavy atom. The second kappa shape index (κ2) is 10.3. The Kier molecular flexibility index (Phi) is 6.65. The van der Waals surface area contributed by atoms with Crippen molar-refractivity contribution in [2.75, 3.05) is 37.8 Å². The highest BCUT2D eigenvalue weighted by Gasteiger charge is 2.29. The van der Waals surface area contributed by atoms with Gasteiger partial charge in [0.25, 0.3) is 5.56 Å². The van der Waals surface area contributed by atoms with Crippen molar-refractivity contribution in [3.8, 4) is 17.6 Å². The number of hydrogen-bond donors (Lipinski definition) is 0. The number of pyridine rings is 1. The number of fused-ring (bicyclic) bond motifs is 2. The maximum Gasteiger partial charge on any atom is 0.270 e. The van der Waals surface area contributed by atoms with E-state index in [1.807, 2.05) is 44.2 Å². The van der Waals surface area contributed by atoms with Crippen molar-refractivity contribution in [3.05, 3.63) is 57.7 Å². The number of anilines is 1. The number of aryl methyl sites for hydroxylation is 2. The van der Waals surface area contributed by atoms with Gasteiger partial charge in [-0.25, -0.2) is 4.98 Å². The minimum Gasteiger partial charge on any atom is -0.490 e. The van der Waals surface area contributed by atoms with Crippen molar-refractivity contribution in [2.45, 2.75) is 45.1 Å². The molecule has 2 aromatic carbocycles. The smallest absolute Gasteiger partial charge is 0.270 e. The van der Waals surface area contributed by atoms with Crippen molar-refractivity contribution in [1.82, 2.24) is 9.55 Å². The molecule has 0 saturated carbocycles. The average molecular weight is 529 g/mol. The summed E-state index contributed by atoms with van der Waals surface area (Å²) in [5.41, 5.74) is 3.99. The van der Waals surface area contributed by atoms with Gasteiger partial charge in [-0.3, -0.25) is 4.79 Å². The van der Waals surface area contributed by atoms with Crippen LogP contribution in [0.25, 0.3) is 22.0 Å². The Bertz CT molecular complexity index is 1640. The Labute approximate surface area is 226 Å². The van der Waals surface area contributed by atoms with Gasteiger partial charge in [-0.1, -0.05) is 6.07 Å². The highest BCUT2D eigenvalue weighted by Crippen LogP contribution is 2.40. The van der Waals surface area contributed by atoms with Crippen LogP contribution in [0.5, 0.6) is 11.5 Å². The Morgan fingerprint density at radius 1 is 1.15 bits per heavy atom. The molecule has 2 aromatic heterocycles. The van der Waals surface area contributed by atoms with Crippen LogP contribution in [0.4, 0.5) is 5.69 Å². The molecule has 2 aliphatic heterocycles. The first-order chi connectivity index (χ1) is 19.0. The van der Waals surface area contributed by atoms with Crippen molar-refractivity contribution in [2.24, 2.45) is 7.05 Å². The summed E-state index contributed by atoms with van der Waals surface area (Å²) in [6.45, 7) is 6.95. The first-order valence-corrected chi connectivity index (χ1v) is 13.6. The van der Waals surface area contributed by atoms with Crippen molar-refractivity contribution in [3.63, 3.8) is 0 Å². The zero-order valence-electron chi connectivity index (χ0n) is 22.5. The Morgan fingerprint density at radius 3 is 2.69 bits per heavy atom. The molecule has 0 radical (unpaired) electrons. The molecule has 9 heteroatoms. The largest absolute Gasteiger partial charge is 0.490 e. The molecule has 0 bridgehead atoms. The van der Waals surface area contributed by atoms with Gasteiger partial charge in [-0.15, -0.1) is 0 Å². The fourth-order valence-electron chi connectivity index (χ4n) is 5.68. The van der Waals surface area contributed by atoms with Crippen LogP contribution in [-0.4, -0.2) is 48.6 Å². The maximum absolute atomic E-state index is 13.4. The van der Waals surface area contributed by atoms with Crippen LogP contribution < -0.4 is 19.9 Å². The number of rotatable bonds is 6. The summed E-state index contributed by atoms with van der Waals surface area (Å²) in [7, 11) is 1.69. The second-order valence-electron chi connectivity index (χ2n) is 10.3. The predicted molar refractivity (Wildman–Crippen MR) is 148 cm³/mol. The molecule has 0 amide bonds. The summed E-state index contributed by atoms with van der Waals surface area (Å²) in [6.07, 6.45) is 2.34. The molecule has 39 heavy (non-hydrogen) atoms. The van der Waals surface area contributed by atoms with E-state index in [2.05, 4.69) is 11.0 Å². The summed E-state index contributed by atoms with van der Waals surface area (Å²) in [5, 5.41) is 10.9. The molecule has 9 nitrogen and oxygen atoms in total. The third-order valence-electron chi connectivity index (χ3n) is 7.75. The summed E-state index contributed by atoms with van der Waals surface area (Å²) < 4.78 is 25.3. The summed E-state index contributed by atoms with van der Waals surface area (Å²) in [5.74, 6) is 2.10. The van der Waals surface area contributed by atoms with Crippen LogP contribution >= 0.6 is 0 Å². The van der Waals surface area contributed by atoms with Crippen molar-refractivity contribution >= 4 is 27.7 Å². The monoisotopic (exact) mass is 528 g/mol. The molecular weight excluding hydrogens is 496 g/mol. The van der Waals surface area contributed by atoms with E-state index in [1.54, 1.807) is 7.05 Å². The van der Waals surface area contributed by atoms with Crippen LogP contribution in [0.2, 0.25) is 0 Å². The first-order valence-electron chi connectivity index (χ1n) is 13.6. The lowest BCUT2D eigenvalue weighted by Crippen LogP contribution is -2.36. The molecule has 0 aliphatic carbocycles. The predicted octanol–water partition coefficient (Wildman–Crippen LogP) is 4.81. The van der Waals surface area contributed by atoms with E-state index in [-0.39, 0.29) is 23.1 Å². The van der Waals surface area contributed by atoms with Gasteiger partial charge in [0.05, 0.1) is 31.0 Å². The highest BCUT2D eigenvalue weighted by molar-refractivity contribution is 5.97. The molecule has 2 fully saturated rings. The molecule has 6 rings (SSSR count). The SMILES string of the molecule is CCOc1cc2c(N3CCC(c4nc5cc(C)ccc5o4)CC3)c(C#N)c(=O)n(C)c2cc1OC1CCOC1. The molecule has 4 aromatic rings. The summed E-state index contributed by atoms with van der Waals surface area (Å²) in [6, 6.07) is 12.0. The van der Waals surface area contributed by atoms with E-state index in [0.717, 1.165) is 47.2 Å². The van der Waals surface area contributed by atoms with Gasteiger partial charge in [0.2, 0.25) is 0 Å². The molecule has 1 unspecified atom stereocenters. The maximum atomic E-state index is 13.4. The molecule has 1 atom stereocenters. The number of piperidine rings is 1. The van der Waals surface area contributed by atoms with Crippen LogP contribution in [0.1, 0.15) is 49.1 Å². The number of nitrogens with zero attached hydrogens (tertiary/aromatic N) is 4. The van der Waals surface area contributed by atoms with Gasteiger partial charge in [0.15, 0.2) is 23.0 Å². The average Bonchev–Trinajstić information content (AvgIpc) is 3.61. The van der Waals surface area contributed by atoms with E-state index < -0.39 is 0 Å². The minimum absolute atomic E-state index is 0.0636. The summed E-state index contributed by atoms with van der Waals surface area (Å²) in [4.78, 5) is 20.3. The number of hydrogen-bond acceptors (Lipinski definition) is 8. The molecule has 0 N–H and O–H groups in total. The number of ether oxygens (including phenoxy) is 3. The molecule has 0 spiro atoms. The highest BCUT2D eigenvalue weighted by atomic mass is 16.6. The van der Waals surface area contributed by atoms with E-state index in [1.165, 1.54) is 4.57 Å². The van der Waals surface area contributed by atoms with Crippen LogP contribution in [0.15, 0.2) is 39.5 Å². The number of nitriles is 1. The normalized spacial score (nSPS) is 18.1. The lowest BCUT2D eigenvalue weighted by Gasteiger charge is -2.34. The van der Waals surface area contributed by atoms with Gasteiger partial charge < -0.3 is 28.1 Å². The Hall–Kier alpha value is -4.03.